The normalized spacial score (nSPS) is 11.6. The summed E-state index contributed by atoms with van der Waals surface area (Å²) in [5, 5.41) is 6.79. The van der Waals surface area contributed by atoms with Crippen LogP contribution in [-0.4, -0.2) is 23.5 Å². The van der Waals surface area contributed by atoms with Gasteiger partial charge in [0.2, 0.25) is 5.91 Å². The second-order valence-corrected chi connectivity index (χ2v) is 11.2. The summed E-state index contributed by atoms with van der Waals surface area (Å²) in [6, 6.07) is 21.0. The maximum absolute atomic E-state index is 14.1. The average molecular weight is 726 g/mol. The summed E-state index contributed by atoms with van der Waals surface area (Å²) in [6.45, 7) is 0. The molecule has 0 aliphatic carbocycles. The monoisotopic (exact) mass is 725 g/mol. The predicted octanol–water partition coefficient (Wildman–Crippen LogP) is 8.16. The topological polar surface area (TPSA) is 87.3 Å². The van der Waals surface area contributed by atoms with Crippen molar-refractivity contribution in [1.29, 1.82) is 0 Å². The van der Waals surface area contributed by atoms with E-state index in [4.69, 9.17) is 0 Å². The van der Waals surface area contributed by atoms with Crippen molar-refractivity contribution in [2.45, 2.75) is 11.1 Å². The Labute approximate surface area is 269 Å². The van der Waals surface area contributed by atoms with Gasteiger partial charge in [-0.15, -0.1) is 11.8 Å². The molecule has 0 aliphatic rings. The van der Waals surface area contributed by atoms with Crippen molar-refractivity contribution in [3.05, 3.63) is 129 Å². The van der Waals surface area contributed by atoms with Crippen molar-refractivity contribution in [1.82, 2.24) is 5.32 Å². The molecular weight excluding hydrogens is 707 g/mol. The summed E-state index contributed by atoms with van der Waals surface area (Å²) in [6.07, 6.45) is -4.24. The molecule has 15 heteroatoms. The zero-order valence-electron chi connectivity index (χ0n) is 22.9. The minimum Gasteiger partial charge on any atom is -0.321 e. The van der Waals surface area contributed by atoms with Crippen LogP contribution in [-0.2, 0) is 15.8 Å². The molecule has 0 fully saturated rings. The first-order valence-corrected chi connectivity index (χ1v) is 14.6. The Balaban J connectivity index is 1.42. The van der Waals surface area contributed by atoms with E-state index in [1.165, 1.54) is 30.3 Å². The van der Waals surface area contributed by atoms with E-state index < -0.39 is 64.2 Å². The van der Waals surface area contributed by atoms with Gasteiger partial charge in [-0.3, -0.25) is 14.4 Å². The molecule has 3 N–H and O–H groups in total. The average Bonchev–Trinajstić information content (AvgIpc) is 3.01. The molecule has 3 amide bonds. The van der Waals surface area contributed by atoms with E-state index in [0.717, 1.165) is 16.2 Å². The van der Waals surface area contributed by atoms with Gasteiger partial charge in [-0.25, -0.2) is 17.6 Å². The second-order valence-electron chi connectivity index (χ2n) is 9.25. The number of alkyl halides is 3. The lowest BCUT2D eigenvalue weighted by Crippen LogP contribution is -2.30. The molecule has 238 valence electrons. The molecule has 0 aromatic heterocycles. The minimum absolute atomic E-state index is 0.0716. The molecule has 0 aliphatic heterocycles. The van der Waals surface area contributed by atoms with Crippen molar-refractivity contribution in [2.24, 2.45) is 0 Å². The first-order chi connectivity index (χ1) is 21.7. The number of carbonyl (C=O) groups excluding carboxylic acids is 3. The van der Waals surface area contributed by atoms with Crippen LogP contribution in [0.15, 0.2) is 93.9 Å². The number of amides is 3. The smallest absolute Gasteiger partial charge is 0.321 e. The van der Waals surface area contributed by atoms with Crippen LogP contribution in [0.2, 0.25) is 0 Å². The highest BCUT2D eigenvalue weighted by Crippen LogP contribution is 2.38. The van der Waals surface area contributed by atoms with Crippen LogP contribution < -0.4 is 16.0 Å². The highest BCUT2D eigenvalue weighted by molar-refractivity contribution is 9.10. The fraction of sp³-hybridized carbons (Fsp3) is 0.0645. The number of thioether (sulfide) groups is 1. The standard InChI is InChI=1S/C31H19BrF7N3O3S/c32-18-8-4-5-16(13-18)14-21(41-29(44)17-6-2-1-3-7-17)30(45)40-19-9-11-20(12-10-19)46-15-22(43)42-28-26(35)24(33)23(31(37,38)39)25(34)27(28)36/h1-14H,15H2,(H,40,45)(H,41,44)(H,42,43)/b21-14-. The number of hydrogen-bond donors (Lipinski definition) is 3. The van der Waals surface area contributed by atoms with Gasteiger partial charge in [-0.1, -0.05) is 46.3 Å². The molecule has 0 heterocycles. The Bertz CT molecular complexity index is 1790. The van der Waals surface area contributed by atoms with Crippen molar-refractivity contribution in [3.8, 4) is 0 Å². The maximum atomic E-state index is 14.1. The highest BCUT2D eigenvalue weighted by Gasteiger charge is 2.42. The zero-order valence-corrected chi connectivity index (χ0v) is 25.3. The fourth-order valence-corrected chi connectivity index (χ4v) is 4.97. The van der Waals surface area contributed by atoms with Gasteiger partial charge in [0.25, 0.3) is 11.8 Å². The summed E-state index contributed by atoms with van der Waals surface area (Å²) >= 11 is 4.16. The molecule has 46 heavy (non-hydrogen) atoms. The summed E-state index contributed by atoms with van der Waals surface area (Å²) in [5.41, 5.74) is -3.31. The first-order valence-electron chi connectivity index (χ1n) is 12.9. The van der Waals surface area contributed by atoms with Gasteiger partial charge in [0, 0.05) is 20.6 Å². The Morgan fingerprint density at radius 2 is 1.41 bits per heavy atom. The largest absolute Gasteiger partial charge is 0.422 e. The van der Waals surface area contributed by atoms with Crippen LogP contribution >= 0.6 is 27.7 Å². The SMILES string of the molecule is O=C(CSc1ccc(NC(=O)/C(=C/c2cccc(Br)c2)NC(=O)c2ccccc2)cc1)Nc1c(F)c(F)c(C(F)(F)F)c(F)c1F. The highest BCUT2D eigenvalue weighted by atomic mass is 79.9. The van der Waals surface area contributed by atoms with Crippen LogP contribution in [0.5, 0.6) is 0 Å². The first kappa shape index (κ1) is 34.2. The van der Waals surface area contributed by atoms with Crippen LogP contribution in [0.1, 0.15) is 21.5 Å². The molecule has 4 rings (SSSR count). The molecule has 0 spiro atoms. The molecule has 0 saturated carbocycles. The van der Waals surface area contributed by atoms with Gasteiger partial charge >= 0.3 is 6.18 Å². The molecule has 0 radical (unpaired) electrons. The van der Waals surface area contributed by atoms with Crippen LogP contribution in [0.3, 0.4) is 0 Å². The molecule has 4 aromatic carbocycles. The van der Waals surface area contributed by atoms with Crippen molar-refractivity contribution in [3.63, 3.8) is 0 Å². The van der Waals surface area contributed by atoms with Gasteiger partial charge in [-0.2, -0.15) is 13.2 Å². The van der Waals surface area contributed by atoms with Crippen molar-refractivity contribution in [2.75, 3.05) is 16.4 Å². The lowest BCUT2D eigenvalue weighted by atomic mass is 10.1. The van der Waals surface area contributed by atoms with Gasteiger partial charge in [-0.05, 0) is 60.2 Å². The van der Waals surface area contributed by atoms with Crippen LogP contribution in [0.25, 0.3) is 6.08 Å². The third kappa shape index (κ3) is 8.54. The summed E-state index contributed by atoms with van der Waals surface area (Å²) in [7, 11) is 0. The van der Waals surface area contributed by atoms with E-state index in [2.05, 4.69) is 26.6 Å². The zero-order chi connectivity index (χ0) is 33.6. The lowest BCUT2D eigenvalue weighted by molar-refractivity contribution is -0.143. The minimum atomic E-state index is -5.72. The van der Waals surface area contributed by atoms with E-state index >= 15 is 0 Å². The predicted molar refractivity (Wildman–Crippen MR) is 162 cm³/mol. The molecular formula is C31H19BrF7N3O3S. The number of carbonyl (C=O) groups is 3. The number of nitrogens with one attached hydrogen (secondary N) is 3. The Hall–Kier alpha value is -4.63. The quantitative estimate of drug-likeness (QED) is 0.0704. The van der Waals surface area contributed by atoms with Gasteiger partial charge in [0.05, 0.1) is 5.75 Å². The molecule has 0 atom stereocenters. The number of hydrogen-bond acceptors (Lipinski definition) is 4. The molecule has 0 bridgehead atoms. The van der Waals surface area contributed by atoms with E-state index in [-0.39, 0.29) is 11.4 Å². The molecule has 6 nitrogen and oxygen atoms in total. The fourth-order valence-electron chi connectivity index (χ4n) is 3.85. The lowest BCUT2D eigenvalue weighted by Gasteiger charge is -2.14. The van der Waals surface area contributed by atoms with Crippen LogP contribution in [0.4, 0.5) is 42.1 Å². The van der Waals surface area contributed by atoms with Crippen molar-refractivity contribution >= 4 is 62.9 Å². The van der Waals surface area contributed by atoms with E-state index in [9.17, 15) is 45.1 Å². The molecule has 0 saturated heterocycles. The maximum Gasteiger partial charge on any atom is 0.422 e. The van der Waals surface area contributed by atoms with Crippen molar-refractivity contribution < 1.29 is 45.1 Å². The second kappa shape index (κ2) is 14.6. The Morgan fingerprint density at radius 1 is 0.783 bits per heavy atom. The third-order valence-electron chi connectivity index (χ3n) is 5.98. The number of halogens is 8. The number of rotatable bonds is 9. The van der Waals surface area contributed by atoms with Crippen LogP contribution in [0, 0.1) is 23.3 Å². The van der Waals surface area contributed by atoms with Gasteiger partial charge in [0.15, 0.2) is 23.3 Å². The summed E-state index contributed by atoms with van der Waals surface area (Å²) in [4.78, 5) is 38.6. The number of benzene rings is 4. The third-order valence-corrected chi connectivity index (χ3v) is 7.49. The molecule has 4 aromatic rings. The summed E-state index contributed by atoms with van der Waals surface area (Å²) in [5.74, 6) is -13.1. The van der Waals surface area contributed by atoms with E-state index in [1.54, 1.807) is 59.9 Å². The Kier molecular flexibility index (Phi) is 10.9. The van der Waals surface area contributed by atoms with E-state index in [0.29, 0.717) is 16.0 Å². The Morgan fingerprint density at radius 3 is 2.00 bits per heavy atom. The summed E-state index contributed by atoms with van der Waals surface area (Å²) < 4.78 is 94.9. The van der Waals surface area contributed by atoms with Gasteiger partial charge < -0.3 is 16.0 Å². The number of anilines is 2. The molecule has 0 unspecified atom stereocenters. The van der Waals surface area contributed by atoms with E-state index in [1.807, 2.05) is 0 Å². The van der Waals surface area contributed by atoms with Gasteiger partial charge in [0.1, 0.15) is 16.9 Å².